The largest absolute Gasteiger partial charge is 0.493 e. The molecule has 0 unspecified atom stereocenters. The lowest BCUT2D eigenvalue weighted by atomic mass is 10.1. The lowest BCUT2D eigenvalue weighted by Gasteiger charge is -2.30. The van der Waals surface area contributed by atoms with Crippen LogP contribution in [0.5, 0.6) is 17.2 Å². The molecule has 1 aliphatic rings. The highest BCUT2D eigenvalue weighted by atomic mass is 16.6. The number of methoxy groups -OCH3 is 2. The molecular weight excluding hydrogens is 294 g/mol. The molecule has 126 valence electrons. The second-order valence-electron chi connectivity index (χ2n) is 5.60. The van der Waals surface area contributed by atoms with Gasteiger partial charge in [-0.3, -0.25) is 4.90 Å². The van der Waals surface area contributed by atoms with Crippen LogP contribution in [0.15, 0.2) is 24.3 Å². The molecule has 0 bridgehead atoms. The van der Waals surface area contributed by atoms with Gasteiger partial charge >= 0.3 is 5.97 Å². The molecule has 0 spiro atoms. The van der Waals surface area contributed by atoms with Crippen LogP contribution in [-0.4, -0.2) is 44.2 Å². The Labute approximate surface area is 137 Å². The lowest BCUT2D eigenvalue weighted by molar-refractivity contribution is -0.140. The van der Waals surface area contributed by atoms with Crippen molar-refractivity contribution < 1.29 is 19.0 Å². The normalized spacial score (nSPS) is 16.0. The maximum absolute atomic E-state index is 12.7. The second kappa shape index (κ2) is 8.02. The van der Waals surface area contributed by atoms with Gasteiger partial charge in [-0.15, -0.1) is 0 Å². The first-order chi connectivity index (χ1) is 11.1. The molecule has 0 N–H and O–H groups in total. The Balaban J connectivity index is 2.22. The van der Waals surface area contributed by atoms with Crippen molar-refractivity contribution >= 4 is 5.97 Å². The van der Waals surface area contributed by atoms with Gasteiger partial charge in [-0.1, -0.05) is 19.1 Å². The van der Waals surface area contributed by atoms with Crippen molar-refractivity contribution in [1.82, 2.24) is 4.90 Å². The van der Waals surface area contributed by atoms with E-state index in [0.29, 0.717) is 23.7 Å². The van der Waals surface area contributed by atoms with Crippen molar-refractivity contribution in [3.05, 3.63) is 29.8 Å². The van der Waals surface area contributed by atoms with Crippen LogP contribution in [0, 0.1) is 6.92 Å². The maximum atomic E-state index is 12.7. The zero-order valence-electron chi connectivity index (χ0n) is 14.3. The SMILES string of the molecule is CC[C@H](C(=O)Oc1c(OC)cc(C)cc1OC)N1CC=CCC1. The van der Waals surface area contributed by atoms with E-state index in [0.717, 1.165) is 25.1 Å². The van der Waals surface area contributed by atoms with E-state index in [1.807, 2.05) is 26.0 Å². The van der Waals surface area contributed by atoms with Gasteiger partial charge in [-0.2, -0.15) is 0 Å². The number of hydrogen-bond donors (Lipinski definition) is 0. The average Bonchev–Trinajstić information content (AvgIpc) is 2.57. The first kappa shape index (κ1) is 17.3. The van der Waals surface area contributed by atoms with E-state index in [-0.39, 0.29) is 12.0 Å². The third-order valence-electron chi connectivity index (χ3n) is 4.00. The summed E-state index contributed by atoms with van der Waals surface area (Å²) >= 11 is 0. The molecule has 0 radical (unpaired) electrons. The molecule has 0 amide bonds. The Morgan fingerprint density at radius 2 is 1.87 bits per heavy atom. The van der Waals surface area contributed by atoms with Gasteiger partial charge < -0.3 is 14.2 Å². The molecule has 23 heavy (non-hydrogen) atoms. The second-order valence-corrected chi connectivity index (χ2v) is 5.60. The predicted molar refractivity (Wildman–Crippen MR) is 89.3 cm³/mol. The molecule has 0 aliphatic carbocycles. The lowest BCUT2D eigenvalue weighted by Crippen LogP contribution is -2.44. The summed E-state index contributed by atoms with van der Waals surface area (Å²) in [6, 6.07) is 3.39. The van der Waals surface area contributed by atoms with Crippen LogP contribution in [-0.2, 0) is 4.79 Å². The number of rotatable bonds is 6. The fourth-order valence-corrected chi connectivity index (χ4v) is 2.80. The van der Waals surface area contributed by atoms with Gasteiger partial charge in [0.05, 0.1) is 14.2 Å². The van der Waals surface area contributed by atoms with Crippen LogP contribution in [0.2, 0.25) is 0 Å². The van der Waals surface area contributed by atoms with Crippen LogP contribution < -0.4 is 14.2 Å². The number of nitrogens with zero attached hydrogens (tertiary/aromatic N) is 1. The van der Waals surface area contributed by atoms with Gasteiger partial charge in [0.1, 0.15) is 6.04 Å². The van der Waals surface area contributed by atoms with E-state index < -0.39 is 0 Å². The Morgan fingerprint density at radius 1 is 1.22 bits per heavy atom. The highest BCUT2D eigenvalue weighted by Crippen LogP contribution is 2.38. The number of esters is 1. The third kappa shape index (κ3) is 4.05. The summed E-state index contributed by atoms with van der Waals surface area (Å²) in [6.45, 7) is 5.57. The minimum Gasteiger partial charge on any atom is -0.493 e. The molecule has 0 saturated carbocycles. The molecule has 2 rings (SSSR count). The zero-order valence-corrected chi connectivity index (χ0v) is 14.3. The van der Waals surface area contributed by atoms with E-state index >= 15 is 0 Å². The highest BCUT2D eigenvalue weighted by molar-refractivity contribution is 5.80. The van der Waals surface area contributed by atoms with Crippen molar-refractivity contribution in [2.24, 2.45) is 0 Å². The smallest absolute Gasteiger partial charge is 0.329 e. The molecule has 0 aromatic heterocycles. The first-order valence-electron chi connectivity index (χ1n) is 7.94. The van der Waals surface area contributed by atoms with Crippen LogP contribution in [0.1, 0.15) is 25.3 Å². The molecule has 1 atom stereocenters. The minimum atomic E-state index is -0.275. The van der Waals surface area contributed by atoms with Gasteiger partial charge in [-0.25, -0.2) is 4.79 Å². The third-order valence-corrected chi connectivity index (χ3v) is 4.00. The number of benzene rings is 1. The topological polar surface area (TPSA) is 48.0 Å². The Bertz CT molecular complexity index is 557. The van der Waals surface area contributed by atoms with Crippen molar-refractivity contribution in [1.29, 1.82) is 0 Å². The molecule has 0 saturated heterocycles. The van der Waals surface area contributed by atoms with Crippen molar-refractivity contribution in [2.45, 2.75) is 32.7 Å². The molecule has 5 heteroatoms. The molecule has 1 aromatic carbocycles. The van der Waals surface area contributed by atoms with Crippen LogP contribution in [0.3, 0.4) is 0 Å². The Hall–Kier alpha value is -2.01. The van der Waals surface area contributed by atoms with Crippen molar-refractivity contribution in [2.75, 3.05) is 27.3 Å². The average molecular weight is 319 g/mol. The zero-order chi connectivity index (χ0) is 16.8. The number of hydrogen-bond acceptors (Lipinski definition) is 5. The van der Waals surface area contributed by atoms with E-state index in [4.69, 9.17) is 14.2 Å². The van der Waals surface area contributed by atoms with Crippen molar-refractivity contribution in [3.8, 4) is 17.2 Å². The van der Waals surface area contributed by atoms with Gasteiger partial charge in [0.15, 0.2) is 11.5 Å². The van der Waals surface area contributed by atoms with E-state index in [9.17, 15) is 4.79 Å². The minimum absolute atomic E-state index is 0.268. The standard InChI is InChI=1S/C18H25NO4/c1-5-14(19-9-7-6-8-10-19)18(20)23-17-15(21-3)11-13(2)12-16(17)22-4/h6-7,11-12,14H,5,8-10H2,1-4H3/t14-/m1/s1. The predicted octanol–water partition coefficient (Wildman–Crippen LogP) is 2.96. The summed E-state index contributed by atoms with van der Waals surface area (Å²) in [5, 5.41) is 0. The number of aryl methyl sites for hydroxylation is 1. The van der Waals surface area contributed by atoms with E-state index in [2.05, 4.69) is 17.1 Å². The number of carbonyl (C=O) groups excluding carboxylic acids is 1. The van der Waals surface area contributed by atoms with Crippen molar-refractivity contribution in [3.63, 3.8) is 0 Å². The number of carbonyl (C=O) groups is 1. The summed E-state index contributed by atoms with van der Waals surface area (Å²) in [5.74, 6) is 1.08. The fourth-order valence-electron chi connectivity index (χ4n) is 2.80. The van der Waals surface area contributed by atoms with Gasteiger partial charge in [-0.05, 0) is 37.5 Å². The van der Waals surface area contributed by atoms with E-state index in [1.165, 1.54) is 0 Å². The van der Waals surface area contributed by atoms with Gasteiger partial charge in [0.25, 0.3) is 0 Å². The molecule has 1 aromatic rings. The van der Waals surface area contributed by atoms with E-state index in [1.54, 1.807) is 14.2 Å². The van der Waals surface area contributed by atoms with Gasteiger partial charge in [0, 0.05) is 13.1 Å². The maximum Gasteiger partial charge on any atom is 0.329 e. The summed E-state index contributed by atoms with van der Waals surface area (Å²) in [4.78, 5) is 14.8. The quantitative estimate of drug-likeness (QED) is 0.458. The molecule has 5 nitrogen and oxygen atoms in total. The summed E-state index contributed by atoms with van der Waals surface area (Å²) in [7, 11) is 3.11. The van der Waals surface area contributed by atoms with Gasteiger partial charge in [0.2, 0.25) is 5.75 Å². The highest BCUT2D eigenvalue weighted by Gasteiger charge is 2.28. The monoisotopic (exact) mass is 319 g/mol. The Morgan fingerprint density at radius 3 is 2.35 bits per heavy atom. The summed E-state index contributed by atoms with van der Waals surface area (Å²) in [5.41, 5.74) is 0.978. The molecular formula is C18H25NO4. The fraction of sp³-hybridized carbons (Fsp3) is 0.500. The molecule has 0 fully saturated rings. The van der Waals surface area contributed by atoms with Crippen LogP contribution in [0.4, 0.5) is 0 Å². The number of ether oxygens (including phenoxy) is 3. The first-order valence-corrected chi connectivity index (χ1v) is 7.94. The molecule has 1 aliphatic heterocycles. The van der Waals surface area contributed by atoms with Crippen LogP contribution in [0.25, 0.3) is 0 Å². The summed E-state index contributed by atoms with van der Waals surface area (Å²) < 4.78 is 16.4. The van der Waals surface area contributed by atoms with Crippen LogP contribution >= 0.6 is 0 Å². The Kier molecular flexibility index (Phi) is 6.04. The molecule has 1 heterocycles. The summed E-state index contributed by atoms with van der Waals surface area (Å²) in [6.07, 6.45) is 5.89.